The van der Waals surface area contributed by atoms with Gasteiger partial charge < -0.3 is 10.6 Å². The van der Waals surface area contributed by atoms with Gasteiger partial charge in [-0.15, -0.1) is 12.4 Å². The van der Waals surface area contributed by atoms with Gasteiger partial charge in [-0.05, 0) is 50.6 Å². The van der Waals surface area contributed by atoms with E-state index in [0.29, 0.717) is 11.6 Å². The van der Waals surface area contributed by atoms with Crippen LogP contribution >= 0.6 is 12.4 Å². The Kier molecular flexibility index (Phi) is 6.80. The van der Waals surface area contributed by atoms with Crippen molar-refractivity contribution in [2.45, 2.75) is 36.7 Å². The van der Waals surface area contributed by atoms with Crippen LogP contribution < -0.4 is 15.4 Å². The lowest BCUT2D eigenvalue weighted by Crippen LogP contribution is -2.46. The number of carbonyl (C=O) groups excluding carboxylic acids is 1. The molecule has 0 spiro atoms. The van der Waals surface area contributed by atoms with Crippen molar-refractivity contribution in [2.24, 2.45) is 0 Å². The maximum absolute atomic E-state index is 12.3. The number of carbonyl (C=O) groups is 1. The van der Waals surface area contributed by atoms with Crippen molar-refractivity contribution >= 4 is 28.3 Å². The summed E-state index contributed by atoms with van der Waals surface area (Å²) < 4.78 is 27.4. The first kappa shape index (κ1) is 18.9. The molecule has 22 heavy (non-hydrogen) atoms. The molecule has 124 valence electrons. The summed E-state index contributed by atoms with van der Waals surface area (Å²) in [5.74, 6) is -0.237. The number of sulfonamides is 1. The molecule has 2 rings (SSSR count). The second kappa shape index (κ2) is 7.92. The van der Waals surface area contributed by atoms with Crippen molar-refractivity contribution < 1.29 is 13.2 Å². The van der Waals surface area contributed by atoms with Gasteiger partial charge in [0.05, 0.1) is 4.90 Å². The summed E-state index contributed by atoms with van der Waals surface area (Å²) in [4.78, 5) is 11.6. The molecule has 6 nitrogen and oxygen atoms in total. The number of halogens is 1. The molecule has 1 aliphatic heterocycles. The first-order valence-electron chi connectivity index (χ1n) is 7.00. The average molecular weight is 348 g/mol. The number of nitrogens with one attached hydrogen (secondary N) is 3. The highest BCUT2D eigenvalue weighted by Gasteiger charge is 2.24. The van der Waals surface area contributed by atoms with Gasteiger partial charge in [0, 0.05) is 24.7 Å². The molecule has 2 unspecified atom stereocenters. The van der Waals surface area contributed by atoms with Gasteiger partial charge in [-0.2, -0.15) is 0 Å². The van der Waals surface area contributed by atoms with Crippen LogP contribution in [0.3, 0.4) is 0 Å². The molecule has 8 heteroatoms. The minimum Gasteiger partial charge on any atom is -0.355 e. The Morgan fingerprint density at radius 2 is 1.91 bits per heavy atom. The topological polar surface area (TPSA) is 87.3 Å². The molecule has 1 saturated heterocycles. The highest BCUT2D eigenvalue weighted by molar-refractivity contribution is 7.89. The van der Waals surface area contributed by atoms with Crippen molar-refractivity contribution in [3.05, 3.63) is 29.8 Å². The van der Waals surface area contributed by atoms with Crippen LogP contribution in [-0.2, 0) is 10.0 Å². The normalized spacial score (nSPS) is 21.7. The molecule has 0 bridgehead atoms. The summed E-state index contributed by atoms with van der Waals surface area (Å²) in [5.41, 5.74) is 0.437. The maximum Gasteiger partial charge on any atom is 0.251 e. The smallest absolute Gasteiger partial charge is 0.251 e. The van der Waals surface area contributed by atoms with E-state index in [1.165, 1.54) is 31.3 Å². The minimum atomic E-state index is -3.54. The predicted molar refractivity (Wildman–Crippen MR) is 87.9 cm³/mol. The molecule has 1 aromatic carbocycles. The summed E-state index contributed by atoms with van der Waals surface area (Å²) in [6, 6.07) is 6.19. The predicted octanol–water partition coefficient (Wildman–Crippen LogP) is 0.887. The zero-order valence-electron chi connectivity index (χ0n) is 12.6. The first-order valence-corrected chi connectivity index (χ1v) is 8.48. The van der Waals surface area contributed by atoms with E-state index in [1.54, 1.807) is 0 Å². The van der Waals surface area contributed by atoms with Gasteiger partial charge in [0.15, 0.2) is 0 Å². The Bertz CT molecular complexity index is 604. The van der Waals surface area contributed by atoms with Gasteiger partial charge in [0.1, 0.15) is 0 Å². The molecular weight excluding hydrogens is 326 g/mol. The molecule has 0 aromatic heterocycles. The SMILES string of the molecule is CNC(=O)c1ccc(S(=O)(=O)NC2CCNC(C)C2)cc1.Cl. The van der Waals surface area contributed by atoms with Crippen molar-refractivity contribution in [3.8, 4) is 0 Å². The monoisotopic (exact) mass is 347 g/mol. The molecule has 0 saturated carbocycles. The van der Waals surface area contributed by atoms with Crippen LogP contribution in [0, 0.1) is 0 Å². The van der Waals surface area contributed by atoms with Gasteiger partial charge in [-0.25, -0.2) is 13.1 Å². The van der Waals surface area contributed by atoms with Crippen LogP contribution in [0.4, 0.5) is 0 Å². The molecule has 1 fully saturated rings. The molecule has 0 radical (unpaired) electrons. The fraction of sp³-hybridized carbons (Fsp3) is 0.500. The zero-order valence-corrected chi connectivity index (χ0v) is 14.3. The zero-order chi connectivity index (χ0) is 15.5. The van der Waals surface area contributed by atoms with Gasteiger partial charge >= 0.3 is 0 Å². The molecule has 1 amide bonds. The Morgan fingerprint density at radius 3 is 2.45 bits per heavy atom. The van der Waals surface area contributed by atoms with Crippen LogP contribution in [0.25, 0.3) is 0 Å². The van der Waals surface area contributed by atoms with Crippen molar-refractivity contribution in [3.63, 3.8) is 0 Å². The number of amides is 1. The van der Waals surface area contributed by atoms with Crippen LogP contribution in [0.15, 0.2) is 29.2 Å². The van der Waals surface area contributed by atoms with E-state index >= 15 is 0 Å². The molecule has 1 aromatic rings. The molecule has 3 N–H and O–H groups in total. The fourth-order valence-electron chi connectivity index (χ4n) is 2.46. The van der Waals surface area contributed by atoms with E-state index < -0.39 is 10.0 Å². The largest absolute Gasteiger partial charge is 0.355 e. The second-order valence-electron chi connectivity index (χ2n) is 5.30. The van der Waals surface area contributed by atoms with Crippen LogP contribution in [0.2, 0.25) is 0 Å². The van der Waals surface area contributed by atoms with Crippen molar-refractivity contribution in [2.75, 3.05) is 13.6 Å². The van der Waals surface area contributed by atoms with E-state index in [0.717, 1.165) is 19.4 Å². The Hall–Kier alpha value is -1.15. The van der Waals surface area contributed by atoms with E-state index in [9.17, 15) is 13.2 Å². The van der Waals surface area contributed by atoms with E-state index in [1.807, 2.05) is 6.92 Å². The van der Waals surface area contributed by atoms with Gasteiger partial charge in [-0.1, -0.05) is 0 Å². The Morgan fingerprint density at radius 1 is 1.27 bits per heavy atom. The molecule has 0 aliphatic carbocycles. The van der Waals surface area contributed by atoms with E-state index in [-0.39, 0.29) is 29.3 Å². The van der Waals surface area contributed by atoms with E-state index in [2.05, 4.69) is 15.4 Å². The standard InChI is InChI=1S/C14H21N3O3S.ClH/c1-10-9-12(7-8-16-10)17-21(19,20)13-5-3-11(4-6-13)14(18)15-2;/h3-6,10,12,16-17H,7-9H2,1-2H3,(H,15,18);1H. The fourth-order valence-corrected chi connectivity index (χ4v) is 3.74. The third-order valence-corrected chi connectivity index (χ3v) is 5.14. The van der Waals surface area contributed by atoms with Crippen molar-refractivity contribution in [1.82, 2.24) is 15.4 Å². The first-order chi connectivity index (χ1) is 9.92. The third-order valence-electron chi connectivity index (χ3n) is 3.60. The Balaban J connectivity index is 0.00000242. The minimum absolute atomic E-state index is 0. The number of benzene rings is 1. The lowest BCUT2D eigenvalue weighted by atomic mass is 10.0. The third kappa shape index (κ3) is 4.67. The highest BCUT2D eigenvalue weighted by Crippen LogP contribution is 2.15. The second-order valence-corrected chi connectivity index (χ2v) is 7.02. The van der Waals surface area contributed by atoms with Gasteiger partial charge in [0.25, 0.3) is 5.91 Å². The molecular formula is C14H22ClN3O3S. The number of hydrogen-bond acceptors (Lipinski definition) is 4. The lowest BCUT2D eigenvalue weighted by molar-refractivity contribution is 0.0963. The summed E-state index contributed by atoms with van der Waals surface area (Å²) in [7, 11) is -2.01. The summed E-state index contributed by atoms with van der Waals surface area (Å²) in [6.45, 7) is 2.85. The summed E-state index contributed by atoms with van der Waals surface area (Å²) >= 11 is 0. The Labute approximate surface area is 137 Å². The lowest BCUT2D eigenvalue weighted by Gasteiger charge is -2.28. The highest BCUT2D eigenvalue weighted by atomic mass is 35.5. The molecule has 2 atom stereocenters. The summed E-state index contributed by atoms with van der Waals surface area (Å²) in [6.07, 6.45) is 1.55. The summed E-state index contributed by atoms with van der Waals surface area (Å²) in [5, 5.41) is 5.78. The number of rotatable bonds is 4. The van der Waals surface area contributed by atoms with Gasteiger partial charge in [0.2, 0.25) is 10.0 Å². The van der Waals surface area contributed by atoms with E-state index in [4.69, 9.17) is 0 Å². The van der Waals surface area contributed by atoms with Crippen LogP contribution in [0.5, 0.6) is 0 Å². The van der Waals surface area contributed by atoms with Crippen LogP contribution in [-0.4, -0.2) is 40.0 Å². The maximum atomic E-state index is 12.3. The van der Waals surface area contributed by atoms with Crippen LogP contribution in [0.1, 0.15) is 30.1 Å². The molecule has 1 aliphatic rings. The number of piperidine rings is 1. The average Bonchev–Trinajstić information content (AvgIpc) is 2.46. The molecule has 1 heterocycles. The quantitative estimate of drug-likeness (QED) is 0.754. The van der Waals surface area contributed by atoms with Crippen molar-refractivity contribution in [1.29, 1.82) is 0 Å². The number of hydrogen-bond donors (Lipinski definition) is 3. The van der Waals surface area contributed by atoms with Gasteiger partial charge in [-0.3, -0.25) is 4.79 Å².